The maximum Gasteiger partial charge on any atom is 0.408 e. The van der Waals surface area contributed by atoms with Crippen LogP contribution in [0.15, 0.2) is 24.3 Å². The van der Waals surface area contributed by atoms with E-state index in [4.69, 9.17) is 4.74 Å². The molecule has 0 aromatic heterocycles. The topological polar surface area (TPSA) is 93.7 Å². The summed E-state index contributed by atoms with van der Waals surface area (Å²) in [5.41, 5.74) is 0.257. The van der Waals surface area contributed by atoms with E-state index >= 15 is 0 Å². The van der Waals surface area contributed by atoms with Crippen LogP contribution in [0.2, 0.25) is 0 Å². The van der Waals surface area contributed by atoms with Crippen molar-refractivity contribution in [3.63, 3.8) is 0 Å². The number of thioether (sulfide) groups is 1. The van der Waals surface area contributed by atoms with Gasteiger partial charge < -0.3 is 20.1 Å². The van der Waals surface area contributed by atoms with E-state index in [0.29, 0.717) is 23.4 Å². The van der Waals surface area contributed by atoms with Gasteiger partial charge in [-0.15, -0.1) is 0 Å². The number of methoxy groups -OCH3 is 1. The Balaban J connectivity index is 2.75. The molecule has 0 heterocycles. The lowest BCUT2D eigenvalue weighted by Gasteiger charge is -2.23. The summed E-state index contributed by atoms with van der Waals surface area (Å²) in [6.07, 6.45) is 1.75. The van der Waals surface area contributed by atoms with E-state index < -0.39 is 23.7 Å². The zero-order valence-corrected chi connectivity index (χ0v) is 16.6. The maximum absolute atomic E-state index is 12.5. The number of esters is 1. The van der Waals surface area contributed by atoms with Crippen LogP contribution in [0.3, 0.4) is 0 Å². The van der Waals surface area contributed by atoms with Crippen molar-refractivity contribution < 1.29 is 23.9 Å². The van der Waals surface area contributed by atoms with E-state index in [2.05, 4.69) is 15.4 Å². The molecule has 26 heavy (non-hydrogen) atoms. The van der Waals surface area contributed by atoms with Crippen molar-refractivity contribution in [2.75, 3.05) is 24.4 Å². The number of nitrogens with one attached hydrogen (secondary N) is 2. The number of hydrogen-bond donors (Lipinski definition) is 2. The molecule has 2 amide bonds. The highest BCUT2D eigenvalue weighted by Crippen LogP contribution is 2.13. The molecule has 0 spiro atoms. The van der Waals surface area contributed by atoms with Crippen molar-refractivity contribution in [1.29, 1.82) is 0 Å². The molecular formula is C18H26N2O5S. The van der Waals surface area contributed by atoms with Gasteiger partial charge in [-0.1, -0.05) is 0 Å². The number of alkyl carbamates (subject to hydrolysis) is 1. The van der Waals surface area contributed by atoms with Gasteiger partial charge in [0.2, 0.25) is 5.91 Å². The van der Waals surface area contributed by atoms with Gasteiger partial charge in [-0.05, 0) is 63.5 Å². The van der Waals surface area contributed by atoms with Crippen molar-refractivity contribution in [1.82, 2.24) is 5.32 Å². The van der Waals surface area contributed by atoms with Gasteiger partial charge >= 0.3 is 12.1 Å². The van der Waals surface area contributed by atoms with Crippen molar-refractivity contribution >= 4 is 35.4 Å². The largest absolute Gasteiger partial charge is 0.465 e. The molecule has 1 aromatic carbocycles. The molecule has 8 heteroatoms. The van der Waals surface area contributed by atoms with Crippen molar-refractivity contribution in [2.24, 2.45) is 0 Å². The van der Waals surface area contributed by atoms with Crippen LogP contribution < -0.4 is 10.6 Å². The summed E-state index contributed by atoms with van der Waals surface area (Å²) >= 11 is 1.58. The van der Waals surface area contributed by atoms with Crippen LogP contribution in [0.25, 0.3) is 0 Å². The van der Waals surface area contributed by atoms with E-state index in [9.17, 15) is 14.4 Å². The third-order valence-corrected chi connectivity index (χ3v) is 3.84. The van der Waals surface area contributed by atoms with Crippen LogP contribution in [0.4, 0.5) is 10.5 Å². The molecule has 7 nitrogen and oxygen atoms in total. The lowest BCUT2D eigenvalue weighted by atomic mass is 10.1. The molecule has 1 unspecified atom stereocenters. The Kier molecular flexibility index (Phi) is 8.44. The molecule has 0 bridgehead atoms. The minimum Gasteiger partial charge on any atom is -0.465 e. The number of carbonyl (C=O) groups is 3. The fraction of sp³-hybridized carbons (Fsp3) is 0.500. The fourth-order valence-electron chi connectivity index (χ4n) is 1.99. The van der Waals surface area contributed by atoms with E-state index in [1.165, 1.54) is 7.11 Å². The van der Waals surface area contributed by atoms with Gasteiger partial charge in [0.25, 0.3) is 0 Å². The highest BCUT2D eigenvalue weighted by atomic mass is 32.2. The highest BCUT2D eigenvalue weighted by molar-refractivity contribution is 7.98. The SMILES string of the molecule is COC(=O)c1ccc(NC(=O)C(CCSC)NC(=O)OC(C)(C)C)cc1. The first-order chi connectivity index (χ1) is 12.2. The van der Waals surface area contributed by atoms with Gasteiger partial charge in [-0.2, -0.15) is 11.8 Å². The predicted octanol–water partition coefficient (Wildman–Crippen LogP) is 3.06. The first kappa shape index (κ1) is 21.8. The molecule has 1 aromatic rings. The average molecular weight is 382 g/mol. The zero-order chi connectivity index (χ0) is 19.7. The molecule has 0 saturated carbocycles. The monoisotopic (exact) mass is 382 g/mol. The molecule has 2 N–H and O–H groups in total. The Labute approximate surface area is 158 Å². The van der Waals surface area contributed by atoms with Gasteiger partial charge in [-0.25, -0.2) is 9.59 Å². The minimum atomic E-state index is -0.724. The lowest BCUT2D eigenvalue weighted by Crippen LogP contribution is -2.46. The Morgan fingerprint density at radius 2 is 1.77 bits per heavy atom. The summed E-state index contributed by atoms with van der Waals surface area (Å²) in [6, 6.07) is 5.59. The molecule has 1 rings (SSSR count). The smallest absolute Gasteiger partial charge is 0.408 e. The van der Waals surface area contributed by atoms with Crippen LogP contribution in [0.5, 0.6) is 0 Å². The number of anilines is 1. The summed E-state index contributed by atoms with van der Waals surface area (Å²) in [6.45, 7) is 5.27. The van der Waals surface area contributed by atoms with Crippen molar-refractivity contribution in [2.45, 2.75) is 38.8 Å². The summed E-state index contributed by atoms with van der Waals surface area (Å²) in [5.74, 6) is -0.0992. The highest BCUT2D eigenvalue weighted by Gasteiger charge is 2.24. The van der Waals surface area contributed by atoms with E-state index in [1.54, 1.807) is 56.8 Å². The molecule has 0 radical (unpaired) electrons. The second-order valence-corrected chi connectivity index (χ2v) is 7.52. The summed E-state index contributed by atoms with van der Waals surface area (Å²) in [7, 11) is 1.30. The van der Waals surface area contributed by atoms with Crippen LogP contribution in [-0.4, -0.2) is 48.7 Å². The van der Waals surface area contributed by atoms with Gasteiger partial charge in [0.15, 0.2) is 0 Å². The van der Waals surface area contributed by atoms with Gasteiger partial charge in [0, 0.05) is 5.69 Å². The van der Waals surface area contributed by atoms with E-state index in [-0.39, 0.29) is 5.91 Å². The third-order valence-electron chi connectivity index (χ3n) is 3.19. The van der Waals surface area contributed by atoms with Gasteiger partial charge in [0.1, 0.15) is 11.6 Å². The van der Waals surface area contributed by atoms with Crippen LogP contribution in [0, 0.1) is 0 Å². The standard InChI is InChI=1S/C18H26N2O5S/c1-18(2,3)25-17(23)20-14(10-11-26-5)15(21)19-13-8-6-12(7-9-13)16(22)24-4/h6-9,14H,10-11H2,1-5H3,(H,19,21)(H,20,23). The normalized spacial score (nSPS) is 12.0. The molecule has 1 atom stereocenters. The average Bonchev–Trinajstić information content (AvgIpc) is 2.56. The number of hydrogen-bond acceptors (Lipinski definition) is 6. The van der Waals surface area contributed by atoms with Gasteiger partial charge in [0.05, 0.1) is 12.7 Å². The molecule has 144 valence electrons. The van der Waals surface area contributed by atoms with Crippen molar-refractivity contribution in [3.05, 3.63) is 29.8 Å². The second kappa shape index (κ2) is 10.1. The van der Waals surface area contributed by atoms with Crippen LogP contribution in [-0.2, 0) is 14.3 Å². The van der Waals surface area contributed by atoms with E-state index in [1.807, 2.05) is 6.26 Å². The van der Waals surface area contributed by atoms with Gasteiger partial charge in [-0.3, -0.25) is 4.79 Å². The number of amides is 2. The molecule has 0 fully saturated rings. The second-order valence-electron chi connectivity index (χ2n) is 6.54. The number of benzene rings is 1. The maximum atomic E-state index is 12.5. The Morgan fingerprint density at radius 1 is 1.15 bits per heavy atom. The summed E-state index contributed by atoms with van der Waals surface area (Å²) in [5, 5.41) is 5.34. The van der Waals surface area contributed by atoms with Crippen LogP contribution in [0.1, 0.15) is 37.6 Å². The number of ether oxygens (including phenoxy) is 2. The molecule has 0 saturated heterocycles. The molecule has 0 aliphatic carbocycles. The number of rotatable bonds is 7. The first-order valence-electron chi connectivity index (χ1n) is 8.14. The first-order valence-corrected chi connectivity index (χ1v) is 9.53. The van der Waals surface area contributed by atoms with Crippen LogP contribution >= 0.6 is 11.8 Å². The summed E-state index contributed by atoms with van der Waals surface area (Å²) < 4.78 is 9.85. The number of carbonyl (C=O) groups excluding carboxylic acids is 3. The third kappa shape index (κ3) is 7.77. The zero-order valence-electron chi connectivity index (χ0n) is 15.8. The predicted molar refractivity (Wildman–Crippen MR) is 103 cm³/mol. The Morgan fingerprint density at radius 3 is 2.27 bits per heavy atom. The minimum absolute atomic E-state index is 0.351. The molecular weight excluding hydrogens is 356 g/mol. The Hall–Kier alpha value is -2.22. The van der Waals surface area contributed by atoms with E-state index in [0.717, 1.165) is 0 Å². The Bertz CT molecular complexity index is 625. The molecule has 0 aliphatic rings. The summed E-state index contributed by atoms with van der Waals surface area (Å²) in [4.78, 5) is 35.9. The molecule has 0 aliphatic heterocycles. The quantitative estimate of drug-likeness (QED) is 0.704. The lowest BCUT2D eigenvalue weighted by molar-refractivity contribution is -0.118. The van der Waals surface area contributed by atoms with Crippen molar-refractivity contribution in [3.8, 4) is 0 Å². The fourth-order valence-corrected chi connectivity index (χ4v) is 2.46.